The Morgan fingerprint density at radius 1 is 1.05 bits per heavy atom. The van der Waals surface area contributed by atoms with Crippen molar-refractivity contribution in [2.24, 2.45) is 0 Å². The highest BCUT2D eigenvalue weighted by atomic mass is 16.4. The summed E-state index contributed by atoms with van der Waals surface area (Å²) in [5, 5.41) is 20.7. The van der Waals surface area contributed by atoms with Gasteiger partial charge >= 0.3 is 5.97 Å². The number of aromatic nitrogens is 1. The number of aliphatic hydroxyl groups excluding tert-OH is 1. The summed E-state index contributed by atoms with van der Waals surface area (Å²) in [6, 6.07) is 13.7. The molecule has 21 heavy (non-hydrogen) atoms. The molecule has 0 spiro atoms. The lowest BCUT2D eigenvalue weighted by molar-refractivity contribution is -0.146. The fourth-order valence-electron chi connectivity index (χ4n) is 2.89. The Labute approximate surface area is 122 Å². The highest BCUT2D eigenvalue weighted by Crippen LogP contribution is 2.33. The summed E-state index contributed by atoms with van der Waals surface area (Å²) in [6.07, 6.45) is -1.49. The molecule has 0 saturated heterocycles. The zero-order valence-corrected chi connectivity index (χ0v) is 11.9. The predicted molar refractivity (Wildman–Crippen MR) is 82.4 cm³/mol. The van der Waals surface area contributed by atoms with Gasteiger partial charge in [-0.25, -0.2) is 4.79 Å². The van der Waals surface area contributed by atoms with E-state index in [4.69, 9.17) is 5.11 Å². The molecule has 0 radical (unpaired) electrons. The number of rotatable bonds is 3. The Morgan fingerprint density at radius 3 is 2.38 bits per heavy atom. The number of hydrogen-bond acceptors (Lipinski definition) is 2. The van der Waals surface area contributed by atoms with Crippen LogP contribution in [-0.4, -0.2) is 20.7 Å². The second-order valence-electron chi connectivity index (χ2n) is 5.50. The Kier molecular flexibility index (Phi) is 3.18. The van der Waals surface area contributed by atoms with Crippen molar-refractivity contribution in [3.8, 4) is 0 Å². The first-order chi connectivity index (χ1) is 10.0. The highest BCUT2D eigenvalue weighted by Gasteiger charge is 2.18. The zero-order valence-electron chi connectivity index (χ0n) is 11.9. The molecular weight excluding hydrogens is 266 g/mol. The second-order valence-corrected chi connectivity index (χ2v) is 5.50. The monoisotopic (exact) mass is 283 g/mol. The zero-order chi connectivity index (χ0) is 15.1. The summed E-state index contributed by atoms with van der Waals surface area (Å²) in [7, 11) is 0. The number of fused-ring (bicyclic) bond motifs is 3. The molecule has 108 valence electrons. The van der Waals surface area contributed by atoms with E-state index in [1.54, 1.807) is 12.1 Å². The van der Waals surface area contributed by atoms with E-state index >= 15 is 0 Å². The van der Waals surface area contributed by atoms with Crippen LogP contribution in [0.4, 0.5) is 0 Å². The SMILES string of the molecule is CC(C)n1c2ccccc2c2cc(C(O)C(=O)O)ccc21. The molecule has 0 aliphatic rings. The van der Waals surface area contributed by atoms with Crippen LogP contribution in [0.2, 0.25) is 0 Å². The van der Waals surface area contributed by atoms with Crippen molar-refractivity contribution in [3.63, 3.8) is 0 Å². The first kappa shape index (κ1) is 13.6. The molecule has 1 heterocycles. The van der Waals surface area contributed by atoms with Crippen LogP contribution in [-0.2, 0) is 4.79 Å². The van der Waals surface area contributed by atoms with Crippen LogP contribution in [0.5, 0.6) is 0 Å². The molecular formula is C17H17NO3. The second kappa shape index (κ2) is 4.90. The molecule has 0 aliphatic carbocycles. The lowest BCUT2D eigenvalue weighted by Crippen LogP contribution is -2.10. The van der Waals surface area contributed by atoms with Crippen molar-refractivity contribution >= 4 is 27.8 Å². The summed E-state index contributed by atoms with van der Waals surface area (Å²) in [5.74, 6) is -1.23. The fraction of sp³-hybridized carbons (Fsp3) is 0.235. The molecule has 0 saturated carbocycles. The molecule has 4 nitrogen and oxygen atoms in total. The normalized spacial score (nSPS) is 13.1. The smallest absolute Gasteiger partial charge is 0.337 e. The minimum absolute atomic E-state index is 0.294. The van der Waals surface area contributed by atoms with E-state index in [1.165, 1.54) is 0 Å². The van der Waals surface area contributed by atoms with Gasteiger partial charge < -0.3 is 14.8 Å². The van der Waals surface area contributed by atoms with E-state index in [2.05, 4.69) is 24.5 Å². The van der Waals surface area contributed by atoms with Crippen LogP contribution in [0.1, 0.15) is 31.6 Å². The van der Waals surface area contributed by atoms with E-state index in [9.17, 15) is 9.90 Å². The Bertz CT molecular complexity index is 833. The lowest BCUT2D eigenvalue weighted by Gasteiger charge is -2.12. The quantitative estimate of drug-likeness (QED) is 0.773. The van der Waals surface area contributed by atoms with Gasteiger partial charge in [-0.15, -0.1) is 0 Å². The van der Waals surface area contributed by atoms with Crippen molar-refractivity contribution in [2.75, 3.05) is 0 Å². The molecule has 1 unspecified atom stereocenters. The van der Waals surface area contributed by atoms with Gasteiger partial charge in [0.25, 0.3) is 0 Å². The molecule has 3 aromatic rings. The van der Waals surface area contributed by atoms with E-state index in [1.807, 2.05) is 24.3 Å². The molecule has 2 N–H and O–H groups in total. The molecule has 1 atom stereocenters. The molecule has 4 heteroatoms. The third-order valence-electron chi connectivity index (χ3n) is 3.80. The number of carboxylic acid groups (broad SMARTS) is 1. The summed E-state index contributed by atoms with van der Waals surface area (Å²) in [5.41, 5.74) is 2.57. The van der Waals surface area contributed by atoms with Gasteiger partial charge in [0.2, 0.25) is 0 Å². The Balaban J connectivity index is 2.36. The van der Waals surface area contributed by atoms with E-state index in [-0.39, 0.29) is 0 Å². The topological polar surface area (TPSA) is 62.5 Å². The third-order valence-corrected chi connectivity index (χ3v) is 3.80. The molecule has 0 amide bonds. The number of nitrogens with zero attached hydrogens (tertiary/aromatic N) is 1. The van der Waals surface area contributed by atoms with Crippen LogP contribution in [0.15, 0.2) is 42.5 Å². The van der Waals surface area contributed by atoms with Crippen LogP contribution in [0, 0.1) is 0 Å². The Hall–Kier alpha value is -2.33. The number of hydrogen-bond donors (Lipinski definition) is 2. The highest BCUT2D eigenvalue weighted by molar-refractivity contribution is 6.08. The van der Waals surface area contributed by atoms with Crippen molar-refractivity contribution in [1.29, 1.82) is 0 Å². The van der Waals surface area contributed by atoms with Crippen LogP contribution >= 0.6 is 0 Å². The molecule has 0 bridgehead atoms. The largest absolute Gasteiger partial charge is 0.479 e. The van der Waals surface area contributed by atoms with E-state index in [0.717, 1.165) is 21.8 Å². The molecule has 1 aromatic heterocycles. The number of para-hydroxylation sites is 1. The molecule has 0 fully saturated rings. The average molecular weight is 283 g/mol. The van der Waals surface area contributed by atoms with Gasteiger partial charge in [-0.1, -0.05) is 24.3 Å². The summed E-state index contributed by atoms with van der Waals surface area (Å²) < 4.78 is 2.22. The average Bonchev–Trinajstić information content (AvgIpc) is 2.80. The summed E-state index contributed by atoms with van der Waals surface area (Å²) >= 11 is 0. The van der Waals surface area contributed by atoms with Gasteiger partial charge in [-0.3, -0.25) is 0 Å². The summed E-state index contributed by atoms with van der Waals surface area (Å²) in [6.45, 7) is 4.23. The van der Waals surface area contributed by atoms with E-state index < -0.39 is 12.1 Å². The third kappa shape index (κ3) is 2.08. The van der Waals surface area contributed by atoms with Gasteiger partial charge in [0.15, 0.2) is 6.10 Å². The molecule has 2 aromatic carbocycles. The standard InChI is InChI=1S/C17H17NO3/c1-10(2)18-14-6-4-3-5-12(14)13-9-11(7-8-15(13)18)16(19)17(20)21/h3-10,16,19H,1-2H3,(H,20,21). The first-order valence-corrected chi connectivity index (χ1v) is 6.94. The number of carboxylic acids is 1. The maximum absolute atomic E-state index is 11.0. The number of aliphatic hydroxyl groups is 1. The van der Waals surface area contributed by atoms with E-state index in [0.29, 0.717) is 11.6 Å². The number of benzene rings is 2. The maximum Gasteiger partial charge on any atom is 0.337 e. The van der Waals surface area contributed by atoms with Gasteiger partial charge in [-0.05, 0) is 37.6 Å². The number of carbonyl (C=O) groups is 1. The number of aliphatic carboxylic acids is 1. The van der Waals surface area contributed by atoms with Crippen molar-refractivity contribution < 1.29 is 15.0 Å². The minimum atomic E-state index is -1.49. The maximum atomic E-state index is 11.0. The van der Waals surface area contributed by atoms with Crippen molar-refractivity contribution in [2.45, 2.75) is 26.0 Å². The lowest BCUT2D eigenvalue weighted by atomic mass is 10.1. The van der Waals surface area contributed by atoms with Crippen molar-refractivity contribution in [3.05, 3.63) is 48.0 Å². The van der Waals surface area contributed by atoms with Gasteiger partial charge in [-0.2, -0.15) is 0 Å². The fourth-order valence-corrected chi connectivity index (χ4v) is 2.89. The first-order valence-electron chi connectivity index (χ1n) is 6.94. The van der Waals surface area contributed by atoms with Crippen LogP contribution < -0.4 is 0 Å². The molecule has 3 rings (SSSR count). The predicted octanol–water partition coefficient (Wildman–Crippen LogP) is 3.49. The van der Waals surface area contributed by atoms with Crippen LogP contribution in [0.3, 0.4) is 0 Å². The van der Waals surface area contributed by atoms with Crippen molar-refractivity contribution in [1.82, 2.24) is 4.57 Å². The Morgan fingerprint density at radius 2 is 1.71 bits per heavy atom. The van der Waals surface area contributed by atoms with Gasteiger partial charge in [0.05, 0.1) is 0 Å². The summed E-state index contributed by atoms with van der Waals surface area (Å²) in [4.78, 5) is 11.0. The van der Waals surface area contributed by atoms with Gasteiger partial charge in [0, 0.05) is 27.8 Å². The van der Waals surface area contributed by atoms with Crippen LogP contribution in [0.25, 0.3) is 21.8 Å². The minimum Gasteiger partial charge on any atom is -0.479 e. The van der Waals surface area contributed by atoms with Gasteiger partial charge in [0.1, 0.15) is 0 Å². The molecule has 0 aliphatic heterocycles.